The molecule has 0 aliphatic heterocycles. The van der Waals surface area contributed by atoms with Crippen LogP contribution >= 0.6 is 0 Å². The Bertz CT molecular complexity index is 886. The average molecular weight is 319 g/mol. The molecule has 3 aromatic carbocycles. The SMILES string of the molecule is CCN(C(=O)c1cc2ccccc2cc1OC)c1ccccc1C. The van der Waals surface area contributed by atoms with Crippen LogP contribution in [0.15, 0.2) is 60.7 Å². The molecule has 3 rings (SSSR count). The average Bonchev–Trinajstić information content (AvgIpc) is 2.62. The van der Waals surface area contributed by atoms with Crippen LogP contribution < -0.4 is 9.64 Å². The lowest BCUT2D eigenvalue weighted by molar-refractivity contribution is 0.0985. The van der Waals surface area contributed by atoms with Crippen LogP contribution in [0.4, 0.5) is 5.69 Å². The van der Waals surface area contributed by atoms with E-state index in [0.717, 1.165) is 22.0 Å². The Morgan fingerprint density at radius 2 is 1.62 bits per heavy atom. The van der Waals surface area contributed by atoms with Gasteiger partial charge in [0.05, 0.1) is 12.7 Å². The first-order valence-corrected chi connectivity index (χ1v) is 8.10. The van der Waals surface area contributed by atoms with E-state index < -0.39 is 0 Å². The third-order valence-electron chi connectivity index (χ3n) is 4.27. The van der Waals surface area contributed by atoms with Gasteiger partial charge in [-0.3, -0.25) is 4.79 Å². The number of amides is 1. The van der Waals surface area contributed by atoms with Gasteiger partial charge in [0.15, 0.2) is 0 Å². The first kappa shape index (κ1) is 16.1. The number of para-hydroxylation sites is 1. The summed E-state index contributed by atoms with van der Waals surface area (Å²) in [5.74, 6) is 0.556. The minimum absolute atomic E-state index is 0.0468. The maximum Gasteiger partial charge on any atom is 0.262 e. The maximum absolute atomic E-state index is 13.2. The smallest absolute Gasteiger partial charge is 0.262 e. The van der Waals surface area contributed by atoms with Crippen molar-refractivity contribution in [2.75, 3.05) is 18.6 Å². The fourth-order valence-corrected chi connectivity index (χ4v) is 2.99. The Kier molecular flexibility index (Phi) is 4.52. The summed E-state index contributed by atoms with van der Waals surface area (Å²) >= 11 is 0. The molecule has 0 aliphatic carbocycles. The molecule has 3 nitrogen and oxygen atoms in total. The highest BCUT2D eigenvalue weighted by Gasteiger charge is 2.21. The largest absolute Gasteiger partial charge is 0.496 e. The van der Waals surface area contributed by atoms with Crippen molar-refractivity contribution in [3.05, 3.63) is 71.8 Å². The predicted molar refractivity (Wildman–Crippen MR) is 99.0 cm³/mol. The van der Waals surface area contributed by atoms with E-state index in [1.807, 2.05) is 74.5 Å². The fraction of sp³-hybridized carbons (Fsp3) is 0.190. The number of anilines is 1. The number of fused-ring (bicyclic) bond motifs is 1. The van der Waals surface area contributed by atoms with Gasteiger partial charge in [0, 0.05) is 12.2 Å². The van der Waals surface area contributed by atoms with Crippen LogP contribution in [-0.4, -0.2) is 19.6 Å². The van der Waals surface area contributed by atoms with Crippen molar-refractivity contribution in [1.29, 1.82) is 0 Å². The molecule has 122 valence electrons. The number of hydrogen-bond donors (Lipinski definition) is 0. The highest BCUT2D eigenvalue weighted by molar-refractivity contribution is 6.10. The monoisotopic (exact) mass is 319 g/mol. The number of rotatable bonds is 4. The number of carbonyl (C=O) groups is 1. The number of hydrogen-bond acceptors (Lipinski definition) is 2. The molecule has 0 aliphatic rings. The molecule has 0 radical (unpaired) electrons. The number of benzene rings is 3. The fourth-order valence-electron chi connectivity index (χ4n) is 2.99. The van der Waals surface area contributed by atoms with Crippen LogP contribution in [-0.2, 0) is 0 Å². The summed E-state index contributed by atoms with van der Waals surface area (Å²) in [4.78, 5) is 15.0. The molecule has 0 fully saturated rings. The highest BCUT2D eigenvalue weighted by atomic mass is 16.5. The van der Waals surface area contributed by atoms with Crippen LogP contribution in [0.3, 0.4) is 0 Å². The van der Waals surface area contributed by atoms with Crippen molar-refractivity contribution < 1.29 is 9.53 Å². The molecule has 24 heavy (non-hydrogen) atoms. The molecular weight excluding hydrogens is 298 g/mol. The van der Waals surface area contributed by atoms with Gasteiger partial charge in [-0.05, 0) is 48.4 Å². The van der Waals surface area contributed by atoms with Gasteiger partial charge >= 0.3 is 0 Å². The van der Waals surface area contributed by atoms with E-state index in [4.69, 9.17) is 4.74 Å². The summed E-state index contributed by atoms with van der Waals surface area (Å²) in [6.45, 7) is 4.60. The zero-order valence-corrected chi connectivity index (χ0v) is 14.2. The third-order valence-corrected chi connectivity index (χ3v) is 4.27. The van der Waals surface area contributed by atoms with Crippen molar-refractivity contribution in [2.24, 2.45) is 0 Å². The quantitative estimate of drug-likeness (QED) is 0.690. The Balaban J connectivity index is 2.11. The van der Waals surface area contributed by atoms with Crippen LogP contribution in [0, 0.1) is 6.92 Å². The molecule has 0 saturated carbocycles. The van der Waals surface area contributed by atoms with Crippen LogP contribution in [0.2, 0.25) is 0 Å². The normalized spacial score (nSPS) is 10.6. The van der Waals surface area contributed by atoms with Crippen molar-refractivity contribution in [3.63, 3.8) is 0 Å². The minimum atomic E-state index is -0.0468. The highest BCUT2D eigenvalue weighted by Crippen LogP contribution is 2.29. The zero-order valence-electron chi connectivity index (χ0n) is 14.2. The standard InChI is InChI=1S/C21H21NO2/c1-4-22(19-12-8-5-9-15(19)2)21(23)18-13-16-10-6-7-11-17(16)14-20(18)24-3/h5-14H,4H2,1-3H3. The summed E-state index contributed by atoms with van der Waals surface area (Å²) in [6, 6.07) is 19.8. The molecule has 3 aromatic rings. The van der Waals surface area contributed by atoms with Crippen molar-refractivity contribution >= 4 is 22.4 Å². The molecular formula is C21H21NO2. The maximum atomic E-state index is 13.2. The Morgan fingerprint density at radius 1 is 1.00 bits per heavy atom. The summed E-state index contributed by atoms with van der Waals surface area (Å²) in [6.07, 6.45) is 0. The molecule has 0 saturated heterocycles. The van der Waals surface area contributed by atoms with Crippen LogP contribution in [0.1, 0.15) is 22.8 Å². The van der Waals surface area contributed by atoms with E-state index >= 15 is 0 Å². The lowest BCUT2D eigenvalue weighted by Gasteiger charge is -2.24. The van der Waals surface area contributed by atoms with E-state index in [1.165, 1.54) is 0 Å². The first-order chi connectivity index (χ1) is 11.7. The molecule has 0 atom stereocenters. The van der Waals surface area contributed by atoms with Crippen molar-refractivity contribution in [3.8, 4) is 5.75 Å². The lowest BCUT2D eigenvalue weighted by atomic mass is 10.0. The second-order valence-electron chi connectivity index (χ2n) is 5.74. The van der Waals surface area contributed by atoms with E-state index in [2.05, 4.69) is 0 Å². The number of carbonyl (C=O) groups excluding carboxylic acids is 1. The first-order valence-electron chi connectivity index (χ1n) is 8.10. The van der Waals surface area contributed by atoms with Gasteiger partial charge in [-0.25, -0.2) is 0 Å². The molecule has 0 heterocycles. The second-order valence-corrected chi connectivity index (χ2v) is 5.74. The van der Waals surface area contributed by atoms with Gasteiger partial charge in [-0.2, -0.15) is 0 Å². The van der Waals surface area contributed by atoms with E-state index in [0.29, 0.717) is 17.9 Å². The lowest BCUT2D eigenvalue weighted by Crippen LogP contribution is -2.31. The third kappa shape index (κ3) is 2.85. The molecule has 1 amide bonds. The predicted octanol–water partition coefficient (Wildman–Crippen LogP) is 4.82. The van der Waals surface area contributed by atoms with Gasteiger partial charge in [-0.15, -0.1) is 0 Å². The van der Waals surface area contributed by atoms with Gasteiger partial charge in [0.2, 0.25) is 0 Å². The van der Waals surface area contributed by atoms with E-state index in [9.17, 15) is 4.79 Å². The number of aryl methyl sites for hydroxylation is 1. The summed E-state index contributed by atoms with van der Waals surface area (Å²) in [5, 5.41) is 2.09. The molecule has 0 bridgehead atoms. The number of methoxy groups -OCH3 is 1. The van der Waals surface area contributed by atoms with Gasteiger partial charge < -0.3 is 9.64 Å². The van der Waals surface area contributed by atoms with E-state index in [-0.39, 0.29) is 5.91 Å². The summed E-state index contributed by atoms with van der Waals surface area (Å²) in [5.41, 5.74) is 2.59. The topological polar surface area (TPSA) is 29.5 Å². The Morgan fingerprint density at radius 3 is 2.25 bits per heavy atom. The van der Waals surface area contributed by atoms with Crippen molar-refractivity contribution in [1.82, 2.24) is 0 Å². The summed E-state index contributed by atoms with van der Waals surface area (Å²) < 4.78 is 5.49. The second kappa shape index (κ2) is 6.75. The van der Waals surface area contributed by atoms with Gasteiger partial charge in [0.25, 0.3) is 5.91 Å². The van der Waals surface area contributed by atoms with Gasteiger partial charge in [0.1, 0.15) is 5.75 Å². The van der Waals surface area contributed by atoms with Gasteiger partial charge in [-0.1, -0.05) is 42.5 Å². The Hall–Kier alpha value is -2.81. The molecule has 0 N–H and O–H groups in total. The molecule has 3 heteroatoms. The minimum Gasteiger partial charge on any atom is -0.496 e. The number of nitrogens with zero attached hydrogens (tertiary/aromatic N) is 1. The number of ether oxygens (including phenoxy) is 1. The van der Waals surface area contributed by atoms with E-state index in [1.54, 1.807) is 12.0 Å². The molecule has 0 spiro atoms. The summed E-state index contributed by atoms with van der Waals surface area (Å²) in [7, 11) is 1.60. The molecule has 0 unspecified atom stereocenters. The Labute approximate surface area is 142 Å². The molecule has 0 aromatic heterocycles. The van der Waals surface area contributed by atoms with Crippen LogP contribution in [0.25, 0.3) is 10.8 Å². The zero-order chi connectivity index (χ0) is 17.1. The van der Waals surface area contributed by atoms with Crippen LogP contribution in [0.5, 0.6) is 5.75 Å². The van der Waals surface area contributed by atoms with Crippen molar-refractivity contribution in [2.45, 2.75) is 13.8 Å².